The number of nitrogens with zero attached hydrogens (tertiary/aromatic N) is 2. The highest BCUT2D eigenvalue weighted by atomic mass is 127. The molecule has 1 aliphatic heterocycles. The summed E-state index contributed by atoms with van der Waals surface area (Å²) in [5, 5.41) is 3.25. The third kappa shape index (κ3) is 12.3. The van der Waals surface area contributed by atoms with E-state index in [9.17, 15) is 0 Å². The van der Waals surface area contributed by atoms with E-state index in [1.54, 1.807) is 7.11 Å². The molecule has 5 nitrogen and oxygen atoms in total. The van der Waals surface area contributed by atoms with Crippen LogP contribution < -0.4 is 11.1 Å². The van der Waals surface area contributed by atoms with Crippen molar-refractivity contribution in [1.82, 2.24) is 10.2 Å². The third-order valence-corrected chi connectivity index (χ3v) is 4.68. The highest BCUT2D eigenvalue weighted by Gasteiger charge is 2.18. The van der Waals surface area contributed by atoms with Crippen LogP contribution in [0.1, 0.15) is 58.3 Å². The van der Waals surface area contributed by atoms with Gasteiger partial charge in [0, 0.05) is 26.7 Å². The summed E-state index contributed by atoms with van der Waals surface area (Å²) in [6.45, 7) is 8.28. The Bertz CT molecular complexity index is 307. The molecule has 0 amide bonds. The first-order valence-electron chi connectivity index (χ1n) is 9.51. The van der Waals surface area contributed by atoms with E-state index in [0.29, 0.717) is 11.9 Å². The normalized spacial score (nSPS) is 16.8. The molecule has 24 heavy (non-hydrogen) atoms. The van der Waals surface area contributed by atoms with Gasteiger partial charge in [-0.25, -0.2) is 0 Å². The molecule has 0 saturated carbocycles. The molecule has 144 valence electrons. The quantitative estimate of drug-likeness (QED) is 0.206. The van der Waals surface area contributed by atoms with Crippen LogP contribution in [-0.2, 0) is 4.74 Å². The van der Waals surface area contributed by atoms with Crippen LogP contribution in [0.25, 0.3) is 0 Å². The minimum absolute atomic E-state index is 0. The van der Waals surface area contributed by atoms with Crippen LogP contribution in [0.15, 0.2) is 4.99 Å². The van der Waals surface area contributed by atoms with Gasteiger partial charge in [0.05, 0.1) is 6.61 Å². The highest BCUT2D eigenvalue weighted by Crippen LogP contribution is 2.17. The van der Waals surface area contributed by atoms with E-state index in [1.807, 2.05) is 0 Å². The van der Waals surface area contributed by atoms with E-state index in [2.05, 4.69) is 22.1 Å². The molecule has 1 heterocycles. The lowest BCUT2D eigenvalue weighted by molar-refractivity contribution is 0.121. The van der Waals surface area contributed by atoms with Crippen LogP contribution in [0.3, 0.4) is 0 Å². The van der Waals surface area contributed by atoms with E-state index in [0.717, 1.165) is 39.3 Å². The van der Waals surface area contributed by atoms with E-state index in [-0.39, 0.29) is 24.0 Å². The second-order valence-electron chi connectivity index (χ2n) is 6.70. The van der Waals surface area contributed by atoms with Gasteiger partial charge in [-0.3, -0.25) is 4.99 Å². The number of rotatable bonds is 12. The third-order valence-electron chi connectivity index (χ3n) is 4.68. The smallest absolute Gasteiger partial charge is 0.188 e. The maximum Gasteiger partial charge on any atom is 0.188 e. The Morgan fingerprint density at radius 2 is 1.83 bits per heavy atom. The van der Waals surface area contributed by atoms with Crippen molar-refractivity contribution >= 4 is 29.9 Å². The van der Waals surface area contributed by atoms with Crippen LogP contribution in [0, 0.1) is 5.92 Å². The first-order valence-corrected chi connectivity index (χ1v) is 9.51. The van der Waals surface area contributed by atoms with Gasteiger partial charge in [-0.15, -0.1) is 24.0 Å². The number of hydrogen-bond acceptors (Lipinski definition) is 3. The first-order chi connectivity index (χ1) is 11.3. The molecule has 0 aromatic carbocycles. The second kappa shape index (κ2) is 16.4. The average molecular weight is 454 g/mol. The van der Waals surface area contributed by atoms with Crippen LogP contribution in [0.5, 0.6) is 0 Å². The molecule has 0 atom stereocenters. The lowest BCUT2D eigenvalue weighted by Gasteiger charge is -2.30. The molecule has 1 saturated heterocycles. The molecule has 0 aromatic rings. The van der Waals surface area contributed by atoms with Crippen LogP contribution >= 0.6 is 24.0 Å². The Balaban J connectivity index is 0.00000529. The molecular weight excluding hydrogens is 415 g/mol. The molecule has 0 bridgehead atoms. The maximum absolute atomic E-state index is 5.96. The van der Waals surface area contributed by atoms with Gasteiger partial charge in [-0.1, -0.05) is 39.0 Å². The summed E-state index contributed by atoms with van der Waals surface area (Å²) in [5.74, 6) is 1.31. The molecule has 1 rings (SSSR count). The SMILES string of the molecule is CCCCCCCCNC(N)=NCC1CCN(CCOC)CC1.I. The number of methoxy groups -OCH3 is 1. The van der Waals surface area contributed by atoms with E-state index in [4.69, 9.17) is 10.5 Å². The summed E-state index contributed by atoms with van der Waals surface area (Å²) >= 11 is 0. The maximum atomic E-state index is 5.96. The van der Waals surface area contributed by atoms with E-state index < -0.39 is 0 Å². The monoisotopic (exact) mass is 454 g/mol. The zero-order valence-corrected chi connectivity index (χ0v) is 18.1. The van der Waals surface area contributed by atoms with E-state index in [1.165, 1.54) is 51.4 Å². The van der Waals surface area contributed by atoms with Crippen molar-refractivity contribution in [3.8, 4) is 0 Å². The van der Waals surface area contributed by atoms with Gasteiger partial charge >= 0.3 is 0 Å². The molecule has 0 radical (unpaired) electrons. The molecular formula is C18H39IN4O. The molecule has 0 aromatic heterocycles. The molecule has 1 fully saturated rings. The summed E-state index contributed by atoms with van der Waals surface area (Å²) in [5.41, 5.74) is 5.96. The number of aliphatic imine (C=N–C) groups is 1. The fourth-order valence-electron chi connectivity index (χ4n) is 3.02. The van der Waals surface area contributed by atoms with Crippen LogP contribution in [-0.4, -0.2) is 57.3 Å². The van der Waals surface area contributed by atoms with Gasteiger partial charge in [0.1, 0.15) is 0 Å². The molecule has 1 aliphatic rings. The van der Waals surface area contributed by atoms with Gasteiger partial charge in [0.2, 0.25) is 0 Å². The Morgan fingerprint density at radius 3 is 2.50 bits per heavy atom. The standard InChI is InChI=1S/C18H38N4O.HI/c1-3-4-5-6-7-8-11-20-18(19)21-16-17-9-12-22(13-10-17)14-15-23-2;/h17H,3-16H2,1-2H3,(H3,19,20,21);1H. The predicted octanol–water partition coefficient (Wildman–Crippen LogP) is 3.23. The minimum Gasteiger partial charge on any atom is -0.383 e. The zero-order chi connectivity index (χ0) is 16.8. The minimum atomic E-state index is 0. The van der Waals surface area contributed by atoms with Crippen molar-refractivity contribution in [2.75, 3.05) is 46.4 Å². The average Bonchev–Trinajstić information content (AvgIpc) is 2.58. The Hall–Kier alpha value is -0.0800. The van der Waals surface area contributed by atoms with Gasteiger partial charge < -0.3 is 20.7 Å². The van der Waals surface area contributed by atoms with Gasteiger partial charge in [0.25, 0.3) is 0 Å². The number of unbranched alkanes of at least 4 members (excludes halogenated alkanes) is 5. The van der Waals surface area contributed by atoms with Gasteiger partial charge in [0.15, 0.2) is 5.96 Å². The van der Waals surface area contributed by atoms with Crippen molar-refractivity contribution in [2.24, 2.45) is 16.6 Å². The Kier molecular flexibility index (Phi) is 16.3. The summed E-state index contributed by atoms with van der Waals surface area (Å²) in [6, 6.07) is 0. The Labute approximate surface area is 166 Å². The number of nitrogens with one attached hydrogen (secondary N) is 1. The lowest BCUT2D eigenvalue weighted by atomic mass is 9.97. The summed E-state index contributed by atoms with van der Waals surface area (Å²) in [4.78, 5) is 7.00. The van der Waals surface area contributed by atoms with Crippen molar-refractivity contribution in [2.45, 2.75) is 58.3 Å². The largest absolute Gasteiger partial charge is 0.383 e. The Morgan fingerprint density at radius 1 is 1.17 bits per heavy atom. The second-order valence-corrected chi connectivity index (χ2v) is 6.70. The number of ether oxygens (including phenoxy) is 1. The number of hydrogen-bond donors (Lipinski definition) is 2. The number of piperidine rings is 1. The van der Waals surface area contributed by atoms with Crippen molar-refractivity contribution in [1.29, 1.82) is 0 Å². The van der Waals surface area contributed by atoms with Gasteiger partial charge in [-0.2, -0.15) is 0 Å². The number of halogens is 1. The highest BCUT2D eigenvalue weighted by molar-refractivity contribution is 14.0. The van der Waals surface area contributed by atoms with Crippen LogP contribution in [0.2, 0.25) is 0 Å². The van der Waals surface area contributed by atoms with Crippen molar-refractivity contribution < 1.29 is 4.74 Å². The number of guanidine groups is 1. The zero-order valence-electron chi connectivity index (χ0n) is 15.8. The summed E-state index contributed by atoms with van der Waals surface area (Å²) in [7, 11) is 1.77. The molecule has 0 spiro atoms. The number of nitrogens with two attached hydrogens (primary N) is 1. The molecule has 3 N–H and O–H groups in total. The lowest BCUT2D eigenvalue weighted by Crippen LogP contribution is -2.37. The fraction of sp³-hybridized carbons (Fsp3) is 0.944. The number of likely N-dealkylation sites (tertiary alicyclic amines) is 1. The first kappa shape index (κ1) is 23.9. The predicted molar refractivity (Wildman–Crippen MR) is 114 cm³/mol. The van der Waals surface area contributed by atoms with E-state index >= 15 is 0 Å². The molecule has 6 heteroatoms. The summed E-state index contributed by atoms with van der Waals surface area (Å²) < 4.78 is 5.14. The van der Waals surface area contributed by atoms with Crippen molar-refractivity contribution in [3.05, 3.63) is 0 Å². The molecule has 0 unspecified atom stereocenters. The summed E-state index contributed by atoms with van der Waals surface area (Å²) in [6.07, 6.45) is 10.3. The fourth-order valence-corrected chi connectivity index (χ4v) is 3.02. The van der Waals surface area contributed by atoms with Crippen LogP contribution in [0.4, 0.5) is 0 Å². The molecule has 0 aliphatic carbocycles. The topological polar surface area (TPSA) is 62.9 Å². The van der Waals surface area contributed by atoms with Crippen molar-refractivity contribution in [3.63, 3.8) is 0 Å². The van der Waals surface area contributed by atoms with Gasteiger partial charge in [-0.05, 0) is 38.3 Å².